The van der Waals surface area contributed by atoms with E-state index in [1.807, 2.05) is 62.4 Å². The van der Waals surface area contributed by atoms with Crippen LogP contribution in [0.2, 0.25) is 0 Å². The Morgan fingerprint density at radius 1 is 0.935 bits per heavy atom. The molecule has 0 heterocycles. The number of nitrogens with one attached hydrogen (secondary N) is 1. The number of amides is 1. The van der Waals surface area contributed by atoms with Gasteiger partial charge in [0.05, 0.1) is 13.3 Å². The minimum absolute atomic E-state index is 0.181. The van der Waals surface area contributed by atoms with Gasteiger partial charge in [-0.1, -0.05) is 52.7 Å². The molecule has 0 fully saturated rings. The minimum atomic E-state index is -0.279. The van der Waals surface area contributed by atoms with Crippen LogP contribution in [0.1, 0.15) is 22.3 Å². The first-order valence-electron chi connectivity index (χ1n) is 9.92. The van der Waals surface area contributed by atoms with Gasteiger partial charge in [0.15, 0.2) is 18.1 Å². The zero-order valence-electron chi connectivity index (χ0n) is 17.9. The quantitative estimate of drug-likeness (QED) is 0.397. The zero-order valence-corrected chi connectivity index (χ0v) is 17.9. The summed E-state index contributed by atoms with van der Waals surface area (Å²) in [7, 11) is 1.58. The molecule has 0 radical (unpaired) electrons. The fourth-order valence-corrected chi connectivity index (χ4v) is 2.76. The maximum absolute atomic E-state index is 11.9. The van der Waals surface area contributed by atoms with Crippen molar-refractivity contribution in [1.29, 1.82) is 0 Å². The average Bonchev–Trinajstić information content (AvgIpc) is 2.78. The van der Waals surface area contributed by atoms with E-state index in [2.05, 4.69) is 22.6 Å². The van der Waals surface area contributed by atoms with Crippen molar-refractivity contribution < 1.29 is 19.1 Å². The molecular weight excluding hydrogens is 392 g/mol. The molecule has 0 aliphatic rings. The summed E-state index contributed by atoms with van der Waals surface area (Å²) in [5.41, 5.74) is 4.89. The third kappa shape index (κ3) is 6.89. The predicted octanol–water partition coefficient (Wildman–Crippen LogP) is 4.88. The maximum Gasteiger partial charge on any atom is 0.265 e. The third-order valence-corrected chi connectivity index (χ3v) is 4.51. The molecule has 3 aromatic rings. The van der Waals surface area contributed by atoms with Crippen molar-refractivity contribution in [1.82, 2.24) is 0 Å². The molecule has 0 aliphatic heterocycles. The molecule has 3 aromatic carbocycles. The standard InChI is InChI=1S/C25H26N2O4/c1-18-4-8-20(9-5-18)16-30-23-13-10-21(14-24(23)29-3)15-26-31-17-25(28)27-22-11-6-19(2)7-12-22/h4-15H,16-17H2,1-3H3,(H,27,28). The van der Waals surface area contributed by atoms with Crippen LogP contribution >= 0.6 is 0 Å². The molecule has 1 amide bonds. The van der Waals surface area contributed by atoms with E-state index in [0.717, 1.165) is 16.7 Å². The number of ether oxygens (including phenoxy) is 2. The number of hydrogen-bond acceptors (Lipinski definition) is 5. The first kappa shape index (κ1) is 21.9. The topological polar surface area (TPSA) is 69.2 Å². The number of carbonyl (C=O) groups excluding carboxylic acids is 1. The summed E-state index contributed by atoms with van der Waals surface area (Å²) in [4.78, 5) is 17.0. The monoisotopic (exact) mass is 418 g/mol. The molecule has 6 nitrogen and oxygen atoms in total. The predicted molar refractivity (Wildman–Crippen MR) is 122 cm³/mol. The van der Waals surface area contributed by atoms with E-state index in [9.17, 15) is 4.79 Å². The lowest BCUT2D eigenvalue weighted by molar-refractivity contribution is -0.120. The lowest BCUT2D eigenvalue weighted by Crippen LogP contribution is -2.16. The maximum atomic E-state index is 11.9. The second-order valence-electron chi connectivity index (χ2n) is 7.11. The molecule has 0 atom stereocenters. The lowest BCUT2D eigenvalue weighted by atomic mass is 10.2. The first-order chi connectivity index (χ1) is 15.0. The van der Waals surface area contributed by atoms with Crippen LogP contribution in [0.25, 0.3) is 0 Å². The van der Waals surface area contributed by atoms with Crippen molar-refractivity contribution in [3.8, 4) is 11.5 Å². The number of aryl methyl sites for hydroxylation is 2. The SMILES string of the molecule is COc1cc(C=NOCC(=O)Nc2ccc(C)cc2)ccc1OCc1ccc(C)cc1. The van der Waals surface area contributed by atoms with Crippen LogP contribution in [0.3, 0.4) is 0 Å². The van der Waals surface area contributed by atoms with Crippen molar-refractivity contribution >= 4 is 17.8 Å². The fraction of sp³-hybridized carbons (Fsp3) is 0.200. The third-order valence-electron chi connectivity index (χ3n) is 4.51. The zero-order chi connectivity index (χ0) is 22.1. The van der Waals surface area contributed by atoms with E-state index in [1.54, 1.807) is 13.2 Å². The van der Waals surface area contributed by atoms with Crippen molar-refractivity contribution in [3.63, 3.8) is 0 Å². The van der Waals surface area contributed by atoms with Gasteiger partial charge in [0.1, 0.15) is 6.61 Å². The highest BCUT2D eigenvalue weighted by molar-refractivity contribution is 5.91. The Bertz CT molecular complexity index is 1030. The molecular formula is C25H26N2O4. The summed E-state index contributed by atoms with van der Waals surface area (Å²) in [6, 6.07) is 21.2. The van der Waals surface area contributed by atoms with Crippen LogP contribution in [-0.4, -0.2) is 25.8 Å². The van der Waals surface area contributed by atoms with Gasteiger partial charge in [-0.3, -0.25) is 4.79 Å². The van der Waals surface area contributed by atoms with Gasteiger partial charge < -0.3 is 19.6 Å². The minimum Gasteiger partial charge on any atom is -0.493 e. The van der Waals surface area contributed by atoms with Crippen LogP contribution in [0.4, 0.5) is 5.69 Å². The van der Waals surface area contributed by atoms with Gasteiger partial charge in [0, 0.05) is 11.3 Å². The van der Waals surface area contributed by atoms with E-state index < -0.39 is 0 Å². The normalized spacial score (nSPS) is 10.7. The highest BCUT2D eigenvalue weighted by atomic mass is 16.6. The number of oxime groups is 1. The summed E-state index contributed by atoms with van der Waals surface area (Å²) in [6.45, 7) is 4.30. The van der Waals surface area contributed by atoms with Crippen LogP contribution in [0.15, 0.2) is 71.9 Å². The molecule has 0 spiro atoms. The first-order valence-corrected chi connectivity index (χ1v) is 9.92. The number of benzene rings is 3. The average molecular weight is 418 g/mol. The molecule has 0 saturated heterocycles. The van der Waals surface area contributed by atoms with Gasteiger partial charge in [0.2, 0.25) is 0 Å². The molecule has 0 unspecified atom stereocenters. The molecule has 0 saturated carbocycles. The lowest BCUT2D eigenvalue weighted by Gasteiger charge is -2.11. The molecule has 1 N–H and O–H groups in total. The van der Waals surface area contributed by atoms with Crippen LogP contribution in [0, 0.1) is 13.8 Å². The molecule has 3 rings (SSSR count). The van der Waals surface area contributed by atoms with Gasteiger partial charge in [-0.15, -0.1) is 0 Å². The Hall–Kier alpha value is -3.80. The van der Waals surface area contributed by atoms with E-state index in [1.165, 1.54) is 11.8 Å². The Morgan fingerprint density at radius 2 is 1.61 bits per heavy atom. The van der Waals surface area contributed by atoms with Gasteiger partial charge in [0.25, 0.3) is 5.91 Å². The molecule has 160 valence electrons. The van der Waals surface area contributed by atoms with Crippen molar-refractivity contribution in [3.05, 3.63) is 89.0 Å². The van der Waals surface area contributed by atoms with Gasteiger partial charge >= 0.3 is 0 Å². The summed E-state index contributed by atoms with van der Waals surface area (Å²) in [5.74, 6) is 0.949. The van der Waals surface area contributed by atoms with E-state index >= 15 is 0 Å². The smallest absolute Gasteiger partial charge is 0.265 e. The summed E-state index contributed by atoms with van der Waals surface area (Å²) < 4.78 is 11.3. The van der Waals surface area contributed by atoms with Gasteiger partial charge in [-0.05, 0) is 49.7 Å². The summed E-state index contributed by atoms with van der Waals surface area (Å²) >= 11 is 0. The number of methoxy groups -OCH3 is 1. The van der Waals surface area contributed by atoms with Crippen molar-refractivity contribution in [2.24, 2.45) is 5.16 Å². The highest BCUT2D eigenvalue weighted by Gasteiger charge is 2.06. The molecule has 0 bridgehead atoms. The number of carbonyl (C=O) groups is 1. The molecule has 0 aliphatic carbocycles. The number of nitrogens with zero attached hydrogens (tertiary/aromatic N) is 1. The van der Waals surface area contributed by atoms with Crippen LogP contribution < -0.4 is 14.8 Å². The van der Waals surface area contributed by atoms with Crippen LogP contribution in [0.5, 0.6) is 11.5 Å². The number of hydrogen-bond donors (Lipinski definition) is 1. The second kappa shape index (κ2) is 10.8. The molecule has 0 aromatic heterocycles. The van der Waals surface area contributed by atoms with E-state index in [-0.39, 0.29) is 12.5 Å². The largest absolute Gasteiger partial charge is 0.493 e. The molecule has 6 heteroatoms. The van der Waals surface area contributed by atoms with E-state index in [4.69, 9.17) is 14.3 Å². The highest BCUT2D eigenvalue weighted by Crippen LogP contribution is 2.28. The van der Waals surface area contributed by atoms with Gasteiger partial charge in [-0.25, -0.2) is 0 Å². The van der Waals surface area contributed by atoms with Crippen LogP contribution in [-0.2, 0) is 16.2 Å². The van der Waals surface area contributed by atoms with E-state index in [0.29, 0.717) is 23.8 Å². The molecule has 31 heavy (non-hydrogen) atoms. The van der Waals surface area contributed by atoms with Crippen molar-refractivity contribution in [2.75, 3.05) is 19.0 Å². The Morgan fingerprint density at radius 3 is 2.29 bits per heavy atom. The number of rotatable bonds is 9. The Balaban J connectivity index is 1.50. The summed E-state index contributed by atoms with van der Waals surface area (Å²) in [6.07, 6.45) is 1.52. The summed E-state index contributed by atoms with van der Waals surface area (Å²) in [5, 5.41) is 6.61. The fourth-order valence-electron chi connectivity index (χ4n) is 2.76. The Kier molecular flexibility index (Phi) is 7.65. The number of anilines is 1. The Labute approximate surface area is 182 Å². The van der Waals surface area contributed by atoms with Gasteiger partial charge in [-0.2, -0.15) is 0 Å². The second-order valence-corrected chi connectivity index (χ2v) is 7.11. The van der Waals surface area contributed by atoms with Crippen molar-refractivity contribution in [2.45, 2.75) is 20.5 Å².